The number of hydrogen-bond acceptors (Lipinski definition) is 5. The lowest BCUT2D eigenvalue weighted by Crippen LogP contribution is -2.58. The van der Waals surface area contributed by atoms with Crippen LogP contribution >= 0.6 is 0 Å². The summed E-state index contributed by atoms with van der Waals surface area (Å²) in [6.07, 6.45) is 2.58. The van der Waals surface area contributed by atoms with Gasteiger partial charge in [0, 0.05) is 25.6 Å². The fourth-order valence-electron chi connectivity index (χ4n) is 2.87. The molecule has 8 heteroatoms. The van der Waals surface area contributed by atoms with Crippen molar-refractivity contribution in [3.8, 4) is 0 Å². The molecule has 1 aromatic rings. The molecule has 0 saturated carbocycles. The molecule has 2 aliphatic rings. The van der Waals surface area contributed by atoms with Crippen LogP contribution in [0.3, 0.4) is 0 Å². The van der Waals surface area contributed by atoms with Crippen LogP contribution in [0, 0.1) is 0 Å². The van der Waals surface area contributed by atoms with Gasteiger partial charge in [-0.15, -0.1) is 0 Å². The van der Waals surface area contributed by atoms with E-state index in [1.807, 2.05) is 0 Å². The molecule has 1 unspecified atom stereocenters. The largest absolute Gasteiger partial charge is 0.480 e. The maximum Gasteiger partial charge on any atom is 0.323 e. The fraction of sp³-hybridized carbons (Fsp3) is 0.429. The highest BCUT2D eigenvalue weighted by atomic mass is 16.4. The smallest absolute Gasteiger partial charge is 0.323 e. The number of anilines is 1. The van der Waals surface area contributed by atoms with Crippen LogP contribution in [0.15, 0.2) is 18.3 Å². The van der Waals surface area contributed by atoms with Crippen molar-refractivity contribution >= 4 is 23.6 Å². The number of aliphatic carboxylic acids is 1. The predicted octanol–water partition coefficient (Wildman–Crippen LogP) is 0.0303. The van der Waals surface area contributed by atoms with E-state index < -0.39 is 11.6 Å². The Hall–Kier alpha value is -2.64. The molecule has 3 heterocycles. The van der Waals surface area contributed by atoms with Crippen molar-refractivity contribution in [1.82, 2.24) is 15.2 Å². The minimum Gasteiger partial charge on any atom is -0.480 e. The minimum atomic E-state index is -1.04. The quantitative estimate of drug-likeness (QED) is 0.711. The number of carbonyl (C=O) groups excluding carboxylic acids is 2. The Morgan fingerprint density at radius 3 is 2.95 bits per heavy atom. The van der Waals surface area contributed by atoms with Crippen molar-refractivity contribution in [3.63, 3.8) is 0 Å². The molecule has 116 valence electrons. The number of carboxylic acids is 1. The van der Waals surface area contributed by atoms with Gasteiger partial charge in [0.15, 0.2) is 0 Å². The summed E-state index contributed by atoms with van der Waals surface area (Å²) in [5.74, 6) is -1.01. The number of nitrogens with zero attached hydrogens (tertiary/aromatic N) is 2. The molecule has 1 aromatic heterocycles. The average Bonchev–Trinajstić information content (AvgIpc) is 2.61. The van der Waals surface area contributed by atoms with Crippen LogP contribution in [0.1, 0.15) is 29.6 Å². The molecule has 8 nitrogen and oxygen atoms in total. The molecule has 1 spiro atoms. The Labute approximate surface area is 126 Å². The van der Waals surface area contributed by atoms with Crippen LogP contribution in [0.2, 0.25) is 0 Å². The van der Waals surface area contributed by atoms with Gasteiger partial charge >= 0.3 is 5.97 Å². The highest BCUT2D eigenvalue weighted by Gasteiger charge is 2.41. The molecule has 2 aliphatic heterocycles. The third-order valence-corrected chi connectivity index (χ3v) is 4.02. The van der Waals surface area contributed by atoms with Gasteiger partial charge in [0.2, 0.25) is 5.91 Å². The Bertz CT molecular complexity index is 647. The van der Waals surface area contributed by atoms with E-state index in [0.29, 0.717) is 24.2 Å². The van der Waals surface area contributed by atoms with Crippen LogP contribution in [-0.4, -0.2) is 51.5 Å². The van der Waals surface area contributed by atoms with Crippen LogP contribution < -0.4 is 10.6 Å². The average molecular weight is 304 g/mol. The maximum absolute atomic E-state index is 12.2. The van der Waals surface area contributed by atoms with E-state index in [2.05, 4.69) is 15.6 Å². The molecular formula is C14H16N4O4. The summed E-state index contributed by atoms with van der Waals surface area (Å²) in [5, 5.41) is 15.0. The number of likely N-dealkylation sites (tertiary alicyclic amines) is 1. The number of aromatic nitrogens is 1. The highest BCUT2D eigenvalue weighted by Crippen LogP contribution is 2.30. The number of fused-ring (bicyclic) bond motifs is 1. The van der Waals surface area contributed by atoms with Gasteiger partial charge in [0.1, 0.15) is 18.0 Å². The van der Waals surface area contributed by atoms with Crippen LogP contribution in [-0.2, 0) is 9.59 Å². The van der Waals surface area contributed by atoms with Crippen molar-refractivity contribution in [3.05, 3.63) is 23.9 Å². The molecule has 0 radical (unpaired) electrons. The Balaban J connectivity index is 1.82. The van der Waals surface area contributed by atoms with Crippen molar-refractivity contribution in [2.24, 2.45) is 0 Å². The molecule has 2 amide bonds. The van der Waals surface area contributed by atoms with Crippen LogP contribution in [0.5, 0.6) is 0 Å². The predicted molar refractivity (Wildman–Crippen MR) is 76.1 cm³/mol. The number of hydrogen-bond donors (Lipinski definition) is 3. The normalized spacial score (nSPS) is 24.3. The summed E-state index contributed by atoms with van der Waals surface area (Å²) in [5.41, 5.74) is -0.299. The number of rotatable bonds is 2. The van der Waals surface area contributed by atoms with Crippen molar-refractivity contribution in [1.29, 1.82) is 0 Å². The zero-order valence-electron chi connectivity index (χ0n) is 11.8. The standard InChI is InChI=1S/C14H16N4O4/c19-10-3-4-14(5-7-18(10)8-11(20)21)16-12-9(13(22)17-14)2-1-6-15-12/h1-2,6H,3-5,7-8H2,(H,15,16)(H,17,22)(H,20,21). The first-order valence-corrected chi connectivity index (χ1v) is 7.04. The summed E-state index contributed by atoms with van der Waals surface area (Å²) >= 11 is 0. The zero-order valence-corrected chi connectivity index (χ0v) is 11.8. The molecule has 0 aromatic carbocycles. The Kier molecular flexibility index (Phi) is 3.44. The fourth-order valence-corrected chi connectivity index (χ4v) is 2.87. The summed E-state index contributed by atoms with van der Waals surface area (Å²) < 4.78 is 0. The van der Waals surface area contributed by atoms with E-state index >= 15 is 0 Å². The van der Waals surface area contributed by atoms with Gasteiger partial charge in [-0.1, -0.05) is 0 Å². The zero-order chi connectivity index (χ0) is 15.7. The summed E-state index contributed by atoms with van der Waals surface area (Å²) in [7, 11) is 0. The van der Waals surface area contributed by atoms with Gasteiger partial charge in [0.25, 0.3) is 5.91 Å². The molecule has 1 saturated heterocycles. The summed E-state index contributed by atoms with van der Waals surface area (Å²) in [6.45, 7) is -0.0573. The second-order valence-electron chi connectivity index (χ2n) is 5.52. The van der Waals surface area contributed by atoms with Gasteiger partial charge in [-0.05, 0) is 18.6 Å². The van der Waals surface area contributed by atoms with Gasteiger partial charge in [-0.3, -0.25) is 14.4 Å². The van der Waals surface area contributed by atoms with E-state index in [0.717, 1.165) is 0 Å². The monoisotopic (exact) mass is 304 g/mol. The first kappa shape index (κ1) is 14.3. The minimum absolute atomic E-state index is 0.169. The molecule has 0 bridgehead atoms. The number of carbonyl (C=O) groups is 3. The second kappa shape index (κ2) is 5.28. The van der Waals surface area contributed by atoms with Crippen LogP contribution in [0.4, 0.5) is 5.82 Å². The molecule has 1 fully saturated rings. The third kappa shape index (κ3) is 2.59. The van der Waals surface area contributed by atoms with Gasteiger partial charge in [-0.2, -0.15) is 0 Å². The number of nitrogens with one attached hydrogen (secondary N) is 2. The lowest BCUT2D eigenvalue weighted by atomic mass is 9.97. The van der Waals surface area contributed by atoms with E-state index in [4.69, 9.17) is 5.11 Å². The van der Waals surface area contributed by atoms with Crippen molar-refractivity contribution in [2.45, 2.75) is 24.9 Å². The van der Waals surface area contributed by atoms with Gasteiger partial charge in [0.05, 0.1) is 5.56 Å². The van der Waals surface area contributed by atoms with Crippen molar-refractivity contribution < 1.29 is 19.5 Å². The Morgan fingerprint density at radius 2 is 2.18 bits per heavy atom. The molecule has 3 N–H and O–H groups in total. The molecule has 0 aliphatic carbocycles. The summed E-state index contributed by atoms with van der Waals surface area (Å²) in [6, 6.07) is 3.36. The van der Waals surface area contributed by atoms with Crippen LogP contribution in [0.25, 0.3) is 0 Å². The highest BCUT2D eigenvalue weighted by molar-refractivity contribution is 6.01. The first-order valence-electron chi connectivity index (χ1n) is 7.04. The summed E-state index contributed by atoms with van der Waals surface area (Å²) in [4.78, 5) is 40.5. The molecule has 3 rings (SSSR count). The third-order valence-electron chi connectivity index (χ3n) is 4.02. The lowest BCUT2D eigenvalue weighted by molar-refractivity contribution is -0.144. The molecule has 1 atom stereocenters. The lowest BCUT2D eigenvalue weighted by Gasteiger charge is -2.39. The Morgan fingerprint density at radius 1 is 1.36 bits per heavy atom. The number of carboxylic acid groups (broad SMARTS) is 1. The van der Waals surface area contributed by atoms with Crippen molar-refractivity contribution in [2.75, 3.05) is 18.4 Å². The first-order chi connectivity index (χ1) is 10.5. The number of pyridine rings is 1. The van der Waals surface area contributed by atoms with E-state index in [9.17, 15) is 14.4 Å². The molecular weight excluding hydrogens is 288 g/mol. The molecule has 22 heavy (non-hydrogen) atoms. The van der Waals surface area contributed by atoms with Gasteiger partial charge < -0.3 is 20.6 Å². The maximum atomic E-state index is 12.2. The SMILES string of the molecule is O=C(O)CN1CCC2(CCC1=O)NC(=O)c1cccnc1N2. The van der Waals surface area contributed by atoms with E-state index in [1.54, 1.807) is 18.3 Å². The van der Waals surface area contributed by atoms with E-state index in [1.165, 1.54) is 4.90 Å². The topological polar surface area (TPSA) is 112 Å². The number of amides is 2. The second-order valence-corrected chi connectivity index (χ2v) is 5.52. The van der Waals surface area contributed by atoms with Gasteiger partial charge in [-0.25, -0.2) is 4.98 Å². The van der Waals surface area contributed by atoms with E-state index in [-0.39, 0.29) is 31.3 Å².